The topological polar surface area (TPSA) is 38.7 Å². The van der Waals surface area contributed by atoms with Crippen LogP contribution in [0.2, 0.25) is 0 Å². The van der Waals surface area contributed by atoms with Crippen LogP contribution < -0.4 is 0 Å². The van der Waals surface area contributed by atoms with Crippen molar-refractivity contribution in [2.24, 2.45) is 10.9 Å². The maximum absolute atomic E-state index is 12.1. The molecule has 1 atom stereocenters. The molecule has 0 aliphatic rings. The van der Waals surface area contributed by atoms with Crippen LogP contribution in [0.4, 0.5) is 5.69 Å². The van der Waals surface area contributed by atoms with Gasteiger partial charge in [0.05, 0.1) is 17.9 Å². The number of hydrogen-bond acceptors (Lipinski definition) is 3. The van der Waals surface area contributed by atoms with Crippen LogP contribution in [0.25, 0.3) is 11.1 Å². The Kier molecular flexibility index (Phi) is 10.8. The van der Waals surface area contributed by atoms with Crippen LogP contribution in [0.5, 0.6) is 0 Å². The Morgan fingerprint density at radius 2 is 1.46 bits per heavy atom. The van der Waals surface area contributed by atoms with Crippen LogP contribution in [0.1, 0.15) is 80.8 Å². The second-order valence-electron chi connectivity index (χ2n) is 9.40. The summed E-state index contributed by atoms with van der Waals surface area (Å²) in [6.45, 7) is 6.88. The molecule has 184 valence electrons. The zero-order chi connectivity index (χ0) is 24.9. The van der Waals surface area contributed by atoms with Gasteiger partial charge in [0.15, 0.2) is 0 Å². The molecule has 0 amide bonds. The van der Waals surface area contributed by atoms with Crippen molar-refractivity contribution in [2.45, 2.75) is 65.7 Å². The first-order chi connectivity index (χ1) is 17.1. The molecule has 0 unspecified atom stereocenters. The fourth-order valence-corrected chi connectivity index (χ4v) is 3.81. The molecular formula is C32H39NO2. The molecule has 0 aromatic heterocycles. The van der Waals surface area contributed by atoms with Crippen molar-refractivity contribution in [3.8, 4) is 11.1 Å². The molecule has 0 bridgehead atoms. The van der Waals surface area contributed by atoms with Crippen molar-refractivity contribution < 1.29 is 9.53 Å². The fraction of sp³-hybridized carbons (Fsp3) is 0.375. The summed E-state index contributed by atoms with van der Waals surface area (Å²) in [5.41, 5.74) is 6.25. The van der Waals surface area contributed by atoms with Gasteiger partial charge in [-0.3, -0.25) is 4.99 Å². The van der Waals surface area contributed by atoms with Crippen molar-refractivity contribution >= 4 is 17.9 Å². The second-order valence-corrected chi connectivity index (χ2v) is 9.40. The SMILES string of the molecule is CCCCCCCc1ccc(-c2ccc(N=Cc3ccc(C(=O)OC[C@@H](C)CC)cc3)cc2)cc1. The zero-order valence-electron chi connectivity index (χ0n) is 21.5. The summed E-state index contributed by atoms with van der Waals surface area (Å²) in [5.74, 6) is 0.102. The Bertz CT molecular complexity index is 1050. The van der Waals surface area contributed by atoms with E-state index in [1.54, 1.807) is 12.1 Å². The number of ether oxygens (including phenoxy) is 1. The minimum Gasteiger partial charge on any atom is -0.462 e. The number of nitrogens with zero attached hydrogens (tertiary/aromatic N) is 1. The molecule has 3 nitrogen and oxygen atoms in total. The maximum atomic E-state index is 12.1. The molecule has 0 heterocycles. The first-order valence-corrected chi connectivity index (χ1v) is 13.1. The molecule has 0 spiro atoms. The number of carbonyl (C=O) groups excluding carboxylic acids is 1. The van der Waals surface area contributed by atoms with Crippen LogP contribution in [-0.4, -0.2) is 18.8 Å². The first-order valence-electron chi connectivity index (χ1n) is 13.1. The highest BCUT2D eigenvalue weighted by molar-refractivity contribution is 5.91. The van der Waals surface area contributed by atoms with Gasteiger partial charge in [-0.05, 0) is 65.3 Å². The summed E-state index contributed by atoms with van der Waals surface area (Å²) in [6, 6.07) is 24.6. The third-order valence-corrected chi connectivity index (χ3v) is 6.43. The van der Waals surface area contributed by atoms with E-state index in [0.717, 1.165) is 24.1 Å². The summed E-state index contributed by atoms with van der Waals surface area (Å²) in [7, 11) is 0. The number of benzene rings is 3. The molecule has 0 saturated carbocycles. The predicted molar refractivity (Wildman–Crippen MR) is 148 cm³/mol. The lowest BCUT2D eigenvalue weighted by Crippen LogP contribution is -2.11. The predicted octanol–water partition coefficient (Wildman–Crippen LogP) is 8.82. The molecule has 3 heteroatoms. The lowest BCUT2D eigenvalue weighted by Gasteiger charge is -2.09. The van der Waals surface area contributed by atoms with E-state index >= 15 is 0 Å². The average Bonchev–Trinajstić information content (AvgIpc) is 2.91. The minimum absolute atomic E-state index is 0.274. The zero-order valence-corrected chi connectivity index (χ0v) is 21.5. The number of aryl methyl sites for hydroxylation is 1. The summed E-state index contributed by atoms with van der Waals surface area (Å²) < 4.78 is 5.36. The van der Waals surface area contributed by atoms with Crippen LogP contribution in [0.15, 0.2) is 77.8 Å². The third kappa shape index (κ3) is 8.83. The van der Waals surface area contributed by atoms with E-state index in [1.165, 1.54) is 48.8 Å². The van der Waals surface area contributed by atoms with E-state index in [2.05, 4.69) is 62.2 Å². The lowest BCUT2D eigenvalue weighted by molar-refractivity contribution is 0.0447. The molecule has 3 rings (SSSR count). The average molecular weight is 470 g/mol. The summed E-state index contributed by atoms with van der Waals surface area (Å²) in [5, 5.41) is 0. The van der Waals surface area contributed by atoms with Gasteiger partial charge in [0.1, 0.15) is 0 Å². The number of esters is 1. The van der Waals surface area contributed by atoms with Crippen LogP contribution in [0, 0.1) is 5.92 Å². The third-order valence-electron chi connectivity index (χ3n) is 6.43. The van der Waals surface area contributed by atoms with Gasteiger partial charge < -0.3 is 4.74 Å². The number of carbonyl (C=O) groups is 1. The summed E-state index contributed by atoms with van der Waals surface area (Å²) in [4.78, 5) is 16.7. The maximum Gasteiger partial charge on any atom is 0.338 e. The van der Waals surface area contributed by atoms with E-state index < -0.39 is 0 Å². The van der Waals surface area contributed by atoms with Crippen molar-refractivity contribution in [3.63, 3.8) is 0 Å². The highest BCUT2D eigenvalue weighted by Gasteiger charge is 2.08. The Balaban J connectivity index is 1.51. The van der Waals surface area contributed by atoms with E-state index in [1.807, 2.05) is 30.5 Å². The van der Waals surface area contributed by atoms with Gasteiger partial charge in [0.25, 0.3) is 0 Å². The van der Waals surface area contributed by atoms with Crippen LogP contribution in [-0.2, 0) is 11.2 Å². The molecule has 0 aliphatic carbocycles. The molecule has 0 saturated heterocycles. The molecular weight excluding hydrogens is 430 g/mol. The molecule has 0 N–H and O–H groups in total. The van der Waals surface area contributed by atoms with E-state index in [-0.39, 0.29) is 5.97 Å². The molecule has 3 aromatic carbocycles. The van der Waals surface area contributed by atoms with Gasteiger partial charge in [-0.2, -0.15) is 0 Å². The van der Waals surface area contributed by atoms with Gasteiger partial charge in [-0.1, -0.05) is 101 Å². The lowest BCUT2D eigenvalue weighted by atomic mass is 10.0. The smallest absolute Gasteiger partial charge is 0.338 e. The molecule has 35 heavy (non-hydrogen) atoms. The van der Waals surface area contributed by atoms with E-state index in [0.29, 0.717) is 18.1 Å². The molecule has 0 fully saturated rings. The van der Waals surface area contributed by atoms with Crippen molar-refractivity contribution in [3.05, 3.63) is 89.5 Å². The van der Waals surface area contributed by atoms with Crippen molar-refractivity contribution in [1.29, 1.82) is 0 Å². The largest absolute Gasteiger partial charge is 0.462 e. The summed E-state index contributed by atoms with van der Waals surface area (Å²) >= 11 is 0. The number of hydrogen-bond donors (Lipinski definition) is 0. The second kappa shape index (κ2) is 14.3. The minimum atomic E-state index is -0.274. The highest BCUT2D eigenvalue weighted by Crippen LogP contribution is 2.24. The van der Waals surface area contributed by atoms with Gasteiger partial charge in [0, 0.05) is 6.21 Å². The Labute approximate surface area is 211 Å². The van der Waals surface area contributed by atoms with Gasteiger partial charge in [-0.25, -0.2) is 4.79 Å². The van der Waals surface area contributed by atoms with Gasteiger partial charge in [-0.15, -0.1) is 0 Å². The van der Waals surface area contributed by atoms with Crippen molar-refractivity contribution in [1.82, 2.24) is 0 Å². The highest BCUT2D eigenvalue weighted by atomic mass is 16.5. The van der Waals surface area contributed by atoms with Crippen LogP contribution in [0.3, 0.4) is 0 Å². The Hall–Kier alpha value is -3.20. The standard InChI is InChI=1S/C32H39NO2/c1-4-6-7-8-9-10-26-11-15-28(16-12-26)29-19-21-31(22-20-29)33-23-27-13-17-30(18-14-27)32(34)35-24-25(3)5-2/h11-23,25H,4-10,24H2,1-3H3/t25-/m0/s1. The van der Waals surface area contributed by atoms with Crippen LogP contribution >= 0.6 is 0 Å². The van der Waals surface area contributed by atoms with E-state index in [9.17, 15) is 4.79 Å². The summed E-state index contributed by atoms with van der Waals surface area (Å²) in [6.07, 6.45) is 10.6. The number of unbranched alkanes of at least 4 members (excludes halogenated alkanes) is 4. The van der Waals surface area contributed by atoms with Crippen molar-refractivity contribution in [2.75, 3.05) is 6.61 Å². The normalized spacial score (nSPS) is 12.1. The molecule has 0 radical (unpaired) electrons. The Morgan fingerprint density at radius 3 is 2.09 bits per heavy atom. The fourth-order valence-electron chi connectivity index (χ4n) is 3.81. The Morgan fingerprint density at radius 1 is 0.829 bits per heavy atom. The monoisotopic (exact) mass is 469 g/mol. The quantitative estimate of drug-likeness (QED) is 0.142. The van der Waals surface area contributed by atoms with Gasteiger partial charge in [0.2, 0.25) is 0 Å². The number of rotatable bonds is 13. The molecule has 0 aliphatic heterocycles. The number of aliphatic imine (C=N–C) groups is 1. The van der Waals surface area contributed by atoms with Gasteiger partial charge >= 0.3 is 5.97 Å². The van der Waals surface area contributed by atoms with E-state index in [4.69, 9.17) is 4.74 Å². The molecule has 3 aromatic rings. The first kappa shape index (κ1) is 26.4.